The quantitative estimate of drug-likeness (QED) is 0.826. The first-order valence-corrected chi connectivity index (χ1v) is 8.21. The summed E-state index contributed by atoms with van der Waals surface area (Å²) in [5.41, 5.74) is 0. The first-order valence-electron chi connectivity index (χ1n) is 8.21. The van der Waals surface area contributed by atoms with Crippen LogP contribution in [0, 0.1) is 5.92 Å². The average Bonchev–Trinajstić information content (AvgIpc) is 2.55. The highest BCUT2D eigenvalue weighted by molar-refractivity contribution is 5.73. The molecular weight excluding hydrogens is 278 g/mol. The van der Waals surface area contributed by atoms with E-state index in [-0.39, 0.29) is 5.91 Å². The van der Waals surface area contributed by atoms with E-state index in [2.05, 4.69) is 32.8 Å². The van der Waals surface area contributed by atoms with Crippen LogP contribution in [0.2, 0.25) is 0 Å². The van der Waals surface area contributed by atoms with Crippen LogP contribution in [0.3, 0.4) is 0 Å². The Hall–Kier alpha value is -1.85. The SMILES string of the molecule is CC(=O)N1CCN(c2cc(N3CCCC(C)C3)ncn2)CC1. The van der Waals surface area contributed by atoms with Crippen LogP contribution in [-0.4, -0.2) is 60.0 Å². The van der Waals surface area contributed by atoms with Crippen molar-refractivity contribution in [1.29, 1.82) is 0 Å². The van der Waals surface area contributed by atoms with Gasteiger partial charge >= 0.3 is 0 Å². The third kappa shape index (κ3) is 3.31. The lowest BCUT2D eigenvalue weighted by atomic mass is 10.0. The molecule has 2 fully saturated rings. The molecule has 22 heavy (non-hydrogen) atoms. The number of nitrogens with zero attached hydrogens (tertiary/aromatic N) is 5. The van der Waals surface area contributed by atoms with E-state index in [0.29, 0.717) is 0 Å². The first-order chi connectivity index (χ1) is 10.6. The number of rotatable bonds is 2. The van der Waals surface area contributed by atoms with Gasteiger partial charge in [0.25, 0.3) is 0 Å². The Morgan fingerprint density at radius 1 is 1.09 bits per heavy atom. The summed E-state index contributed by atoms with van der Waals surface area (Å²) >= 11 is 0. The van der Waals surface area contributed by atoms with Crippen molar-refractivity contribution in [3.63, 3.8) is 0 Å². The van der Waals surface area contributed by atoms with Crippen LogP contribution in [0.5, 0.6) is 0 Å². The number of piperazine rings is 1. The van der Waals surface area contributed by atoms with E-state index in [0.717, 1.165) is 56.8 Å². The highest BCUT2D eigenvalue weighted by Gasteiger charge is 2.22. The van der Waals surface area contributed by atoms with Gasteiger partial charge in [0.2, 0.25) is 5.91 Å². The molecule has 6 nitrogen and oxygen atoms in total. The van der Waals surface area contributed by atoms with E-state index in [4.69, 9.17) is 0 Å². The topological polar surface area (TPSA) is 52.6 Å². The van der Waals surface area contributed by atoms with Crippen molar-refractivity contribution in [1.82, 2.24) is 14.9 Å². The summed E-state index contributed by atoms with van der Waals surface area (Å²) in [5.74, 6) is 2.90. The standard InChI is InChI=1S/C16H25N5O/c1-13-4-3-5-21(11-13)16-10-15(17-12-18-16)20-8-6-19(7-9-20)14(2)22/h10,12-13H,3-9,11H2,1-2H3. The van der Waals surface area contributed by atoms with E-state index in [9.17, 15) is 4.79 Å². The summed E-state index contributed by atoms with van der Waals surface area (Å²) in [5, 5.41) is 0. The lowest BCUT2D eigenvalue weighted by Gasteiger charge is -2.36. The molecule has 1 amide bonds. The highest BCUT2D eigenvalue weighted by Crippen LogP contribution is 2.24. The number of hydrogen-bond donors (Lipinski definition) is 0. The Balaban J connectivity index is 1.68. The second-order valence-electron chi connectivity index (χ2n) is 6.42. The average molecular weight is 303 g/mol. The number of anilines is 2. The van der Waals surface area contributed by atoms with E-state index >= 15 is 0 Å². The molecule has 6 heteroatoms. The van der Waals surface area contributed by atoms with E-state index in [1.165, 1.54) is 12.8 Å². The van der Waals surface area contributed by atoms with Crippen molar-refractivity contribution in [3.8, 4) is 0 Å². The molecule has 0 saturated carbocycles. The second-order valence-corrected chi connectivity index (χ2v) is 6.42. The molecule has 0 N–H and O–H groups in total. The summed E-state index contributed by atoms with van der Waals surface area (Å²) in [4.78, 5) is 26.8. The fourth-order valence-corrected chi connectivity index (χ4v) is 3.33. The van der Waals surface area contributed by atoms with Gasteiger partial charge in [0.1, 0.15) is 18.0 Å². The number of hydrogen-bond acceptors (Lipinski definition) is 5. The van der Waals surface area contributed by atoms with Gasteiger partial charge in [0, 0.05) is 52.3 Å². The molecule has 3 rings (SSSR count). The van der Waals surface area contributed by atoms with Crippen molar-refractivity contribution in [2.75, 3.05) is 49.1 Å². The van der Waals surface area contributed by atoms with E-state index in [1.54, 1.807) is 13.3 Å². The summed E-state index contributed by atoms with van der Waals surface area (Å²) < 4.78 is 0. The van der Waals surface area contributed by atoms with Crippen LogP contribution in [0.15, 0.2) is 12.4 Å². The number of carbonyl (C=O) groups is 1. The monoisotopic (exact) mass is 303 g/mol. The van der Waals surface area contributed by atoms with Crippen molar-refractivity contribution in [2.24, 2.45) is 5.92 Å². The second kappa shape index (κ2) is 6.50. The molecule has 0 bridgehead atoms. The molecule has 2 aliphatic rings. The number of piperidine rings is 1. The van der Waals surface area contributed by atoms with Gasteiger partial charge in [-0.3, -0.25) is 4.79 Å². The van der Waals surface area contributed by atoms with Gasteiger partial charge in [-0.25, -0.2) is 9.97 Å². The predicted molar refractivity (Wildman–Crippen MR) is 87.1 cm³/mol. The Morgan fingerprint density at radius 2 is 1.77 bits per heavy atom. The molecule has 120 valence electrons. The fraction of sp³-hybridized carbons (Fsp3) is 0.688. The minimum atomic E-state index is 0.158. The van der Waals surface area contributed by atoms with Gasteiger partial charge in [-0.15, -0.1) is 0 Å². The third-order valence-electron chi connectivity index (χ3n) is 4.67. The summed E-state index contributed by atoms with van der Waals surface area (Å²) in [6.45, 7) is 9.32. The molecule has 1 atom stereocenters. The van der Waals surface area contributed by atoms with Crippen LogP contribution in [0.1, 0.15) is 26.7 Å². The molecule has 2 aliphatic heterocycles. The predicted octanol–water partition coefficient (Wildman–Crippen LogP) is 1.38. The van der Waals surface area contributed by atoms with Gasteiger partial charge < -0.3 is 14.7 Å². The van der Waals surface area contributed by atoms with Gasteiger partial charge in [-0.05, 0) is 18.8 Å². The maximum Gasteiger partial charge on any atom is 0.219 e. The molecule has 0 aromatic carbocycles. The molecule has 0 aliphatic carbocycles. The van der Waals surface area contributed by atoms with Crippen LogP contribution in [0.25, 0.3) is 0 Å². The highest BCUT2D eigenvalue weighted by atomic mass is 16.2. The van der Waals surface area contributed by atoms with Crippen LogP contribution >= 0.6 is 0 Å². The van der Waals surface area contributed by atoms with Gasteiger partial charge in [0.15, 0.2) is 0 Å². The van der Waals surface area contributed by atoms with Gasteiger partial charge in [0.05, 0.1) is 0 Å². The summed E-state index contributed by atoms with van der Waals surface area (Å²) in [6, 6.07) is 2.10. The lowest BCUT2D eigenvalue weighted by Crippen LogP contribution is -2.48. The van der Waals surface area contributed by atoms with Crippen LogP contribution < -0.4 is 9.80 Å². The Morgan fingerprint density at radius 3 is 2.41 bits per heavy atom. The third-order valence-corrected chi connectivity index (χ3v) is 4.67. The molecule has 1 aromatic rings. The number of carbonyl (C=O) groups excluding carboxylic acids is 1. The molecular formula is C16H25N5O. The van der Waals surface area contributed by atoms with Crippen molar-refractivity contribution in [2.45, 2.75) is 26.7 Å². The molecule has 0 spiro atoms. The Kier molecular flexibility index (Phi) is 4.45. The maximum atomic E-state index is 11.4. The number of aromatic nitrogens is 2. The van der Waals surface area contributed by atoms with E-state index < -0.39 is 0 Å². The molecule has 3 heterocycles. The zero-order valence-corrected chi connectivity index (χ0v) is 13.5. The Bertz CT molecular complexity index is 527. The molecule has 1 unspecified atom stereocenters. The Labute approximate surface area is 132 Å². The smallest absolute Gasteiger partial charge is 0.219 e. The minimum absolute atomic E-state index is 0.158. The molecule has 2 saturated heterocycles. The minimum Gasteiger partial charge on any atom is -0.356 e. The van der Waals surface area contributed by atoms with Crippen LogP contribution in [-0.2, 0) is 4.79 Å². The van der Waals surface area contributed by atoms with Crippen molar-refractivity contribution >= 4 is 17.5 Å². The van der Waals surface area contributed by atoms with Crippen molar-refractivity contribution in [3.05, 3.63) is 12.4 Å². The van der Waals surface area contributed by atoms with Gasteiger partial charge in [-0.1, -0.05) is 6.92 Å². The summed E-state index contributed by atoms with van der Waals surface area (Å²) in [7, 11) is 0. The first kappa shape index (κ1) is 15.1. The lowest BCUT2D eigenvalue weighted by molar-refractivity contribution is -0.129. The maximum absolute atomic E-state index is 11.4. The fourth-order valence-electron chi connectivity index (χ4n) is 3.33. The zero-order valence-electron chi connectivity index (χ0n) is 13.5. The van der Waals surface area contributed by atoms with Gasteiger partial charge in [-0.2, -0.15) is 0 Å². The largest absolute Gasteiger partial charge is 0.356 e. The normalized spacial score (nSPS) is 22.8. The van der Waals surface area contributed by atoms with Crippen LogP contribution in [0.4, 0.5) is 11.6 Å². The summed E-state index contributed by atoms with van der Waals surface area (Å²) in [6.07, 6.45) is 4.21. The van der Waals surface area contributed by atoms with Crippen molar-refractivity contribution < 1.29 is 4.79 Å². The molecule has 1 aromatic heterocycles. The molecule has 0 radical (unpaired) electrons. The van der Waals surface area contributed by atoms with E-state index in [1.807, 2.05) is 4.90 Å². The number of amides is 1. The zero-order chi connectivity index (χ0) is 15.5.